The van der Waals surface area contributed by atoms with Crippen molar-refractivity contribution in [3.63, 3.8) is 0 Å². The van der Waals surface area contributed by atoms with Crippen LogP contribution in [0.1, 0.15) is 5.56 Å². The summed E-state index contributed by atoms with van der Waals surface area (Å²) < 4.78 is 13.1. The summed E-state index contributed by atoms with van der Waals surface area (Å²) in [5.41, 5.74) is 1.21. The molecule has 0 saturated carbocycles. The molecule has 0 saturated heterocycles. The predicted octanol–water partition coefficient (Wildman–Crippen LogP) is 4.26. The molecule has 3 nitrogen and oxygen atoms in total. The second-order valence-electron chi connectivity index (χ2n) is 3.63. The molecule has 17 heavy (non-hydrogen) atoms. The van der Waals surface area contributed by atoms with Gasteiger partial charge in [0, 0.05) is 6.07 Å². The number of rotatable bonds is 2. The maximum Gasteiger partial charge on any atom is 0.146 e. The highest BCUT2D eigenvalue weighted by Gasteiger charge is 2.06. The van der Waals surface area contributed by atoms with Gasteiger partial charge in [-0.25, -0.2) is 4.39 Å². The van der Waals surface area contributed by atoms with Gasteiger partial charge in [0.1, 0.15) is 17.3 Å². The standard InChI is InChI=1S/C13H11FN2O/c1-9-7-10(14)8-12(13(9)17)16-15-11-5-3-2-4-6-11/h2-8,17H,1H3. The van der Waals surface area contributed by atoms with E-state index in [0.29, 0.717) is 11.3 Å². The van der Waals surface area contributed by atoms with Crippen LogP contribution in [-0.2, 0) is 0 Å². The molecule has 86 valence electrons. The molecular weight excluding hydrogens is 219 g/mol. The van der Waals surface area contributed by atoms with Crippen LogP contribution in [-0.4, -0.2) is 5.11 Å². The lowest BCUT2D eigenvalue weighted by molar-refractivity contribution is 0.470. The largest absolute Gasteiger partial charge is 0.505 e. The quantitative estimate of drug-likeness (QED) is 0.770. The fourth-order valence-electron chi connectivity index (χ4n) is 1.40. The fraction of sp³-hybridized carbons (Fsp3) is 0.0769. The summed E-state index contributed by atoms with van der Waals surface area (Å²) in [4.78, 5) is 0. The van der Waals surface area contributed by atoms with Gasteiger partial charge in [0.2, 0.25) is 0 Å². The average molecular weight is 230 g/mol. The number of hydrogen-bond donors (Lipinski definition) is 1. The Bertz CT molecular complexity index is 553. The van der Waals surface area contributed by atoms with E-state index in [-0.39, 0.29) is 11.4 Å². The van der Waals surface area contributed by atoms with E-state index in [1.54, 1.807) is 19.1 Å². The molecule has 0 radical (unpaired) electrons. The van der Waals surface area contributed by atoms with Crippen molar-refractivity contribution in [3.05, 3.63) is 53.8 Å². The molecular formula is C13H11FN2O. The minimum Gasteiger partial charge on any atom is -0.505 e. The van der Waals surface area contributed by atoms with E-state index in [1.807, 2.05) is 18.2 Å². The Balaban J connectivity index is 2.33. The van der Waals surface area contributed by atoms with Crippen LogP contribution in [0, 0.1) is 12.7 Å². The summed E-state index contributed by atoms with van der Waals surface area (Å²) in [5, 5.41) is 17.4. The Morgan fingerprint density at radius 2 is 1.76 bits per heavy atom. The second kappa shape index (κ2) is 4.74. The summed E-state index contributed by atoms with van der Waals surface area (Å²) in [7, 11) is 0. The minimum atomic E-state index is -0.442. The zero-order valence-corrected chi connectivity index (χ0v) is 9.26. The molecule has 0 bridgehead atoms. The number of phenolic OH excluding ortho intramolecular Hbond substituents is 1. The lowest BCUT2D eigenvalue weighted by Crippen LogP contribution is -1.79. The number of benzene rings is 2. The summed E-state index contributed by atoms with van der Waals surface area (Å²) in [6.07, 6.45) is 0. The molecule has 0 amide bonds. The molecule has 0 aromatic heterocycles. The number of hydrogen-bond acceptors (Lipinski definition) is 3. The number of phenols is 1. The highest BCUT2D eigenvalue weighted by atomic mass is 19.1. The van der Waals surface area contributed by atoms with Crippen LogP contribution in [0.15, 0.2) is 52.7 Å². The molecule has 0 fully saturated rings. The van der Waals surface area contributed by atoms with E-state index in [0.717, 1.165) is 6.07 Å². The van der Waals surface area contributed by atoms with Crippen molar-refractivity contribution in [2.45, 2.75) is 6.92 Å². The third kappa shape index (κ3) is 2.66. The Hall–Kier alpha value is -2.23. The van der Waals surface area contributed by atoms with Gasteiger partial charge in [-0.05, 0) is 30.7 Å². The van der Waals surface area contributed by atoms with Gasteiger partial charge in [-0.1, -0.05) is 18.2 Å². The highest BCUT2D eigenvalue weighted by Crippen LogP contribution is 2.32. The smallest absolute Gasteiger partial charge is 0.146 e. The Morgan fingerprint density at radius 3 is 2.47 bits per heavy atom. The average Bonchev–Trinajstić information content (AvgIpc) is 2.33. The van der Waals surface area contributed by atoms with Gasteiger partial charge in [-0.15, -0.1) is 5.11 Å². The predicted molar refractivity (Wildman–Crippen MR) is 63.4 cm³/mol. The second-order valence-corrected chi connectivity index (χ2v) is 3.63. The Morgan fingerprint density at radius 1 is 1.06 bits per heavy atom. The van der Waals surface area contributed by atoms with E-state index in [4.69, 9.17) is 0 Å². The Kier molecular flexibility index (Phi) is 3.14. The first-order valence-electron chi connectivity index (χ1n) is 5.13. The number of azo groups is 1. The monoisotopic (exact) mass is 230 g/mol. The molecule has 4 heteroatoms. The van der Waals surface area contributed by atoms with E-state index in [1.165, 1.54) is 6.07 Å². The topological polar surface area (TPSA) is 45.0 Å². The molecule has 0 heterocycles. The lowest BCUT2D eigenvalue weighted by atomic mass is 10.2. The van der Waals surface area contributed by atoms with E-state index in [9.17, 15) is 9.50 Å². The van der Waals surface area contributed by atoms with Gasteiger partial charge in [-0.3, -0.25) is 0 Å². The van der Waals surface area contributed by atoms with Gasteiger partial charge in [0.15, 0.2) is 0 Å². The number of aryl methyl sites for hydroxylation is 1. The zero-order chi connectivity index (χ0) is 12.3. The van der Waals surface area contributed by atoms with Gasteiger partial charge in [-0.2, -0.15) is 5.11 Å². The van der Waals surface area contributed by atoms with Crippen molar-refractivity contribution in [1.29, 1.82) is 0 Å². The lowest BCUT2D eigenvalue weighted by Gasteiger charge is -2.01. The van der Waals surface area contributed by atoms with E-state index in [2.05, 4.69) is 10.2 Å². The highest BCUT2D eigenvalue weighted by molar-refractivity contribution is 5.55. The van der Waals surface area contributed by atoms with E-state index >= 15 is 0 Å². The molecule has 0 unspecified atom stereocenters. The summed E-state index contributed by atoms with van der Waals surface area (Å²) in [5.74, 6) is -0.492. The molecule has 0 atom stereocenters. The first-order valence-corrected chi connectivity index (χ1v) is 5.13. The van der Waals surface area contributed by atoms with Crippen LogP contribution in [0.4, 0.5) is 15.8 Å². The van der Waals surface area contributed by atoms with Gasteiger partial charge < -0.3 is 5.11 Å². The SMILES string of the molecule is Cc1cc(F)cc(N=Nc2ccccc2)c1O. The van der Waals surface area contributed by atoms with Crippen molar-refractivity contribution < 1.29 is 9.50 Å². The van der Waals surface area contributed by atoms with Crippen molar-refractivity contribution >= 4 is 11.4 Å². The minimum absolute atomic E-state index is 0.0499. The third-order valence-corrected chi connectivity index (χ3v) is 2.27. The molecule has 2 aromatic carbocycles. The van der Waals surface area contributed by atoms with Gasteiger partial charge >= 0.3 is 0 Å². The van der Waals surface area contributed by atoms with Crippen molar-refractivity contribution in [2.75, 3.05) is 0 Å². The summed E-state index contributed by atoms with van der Waals surface area (Å²) in [6.45, 7) is 1.61. The third-order valence-electron chi connectivity index (χ3n) is 2.27. The first kappa shape index (κ1) is 11.3. The van der Waals surface area contributed by atoms with Crippen LogP contribution in [0.2, 0.25) is 0 Å². The van der Waals surface area contributed by atoms with Crippen LogP contribution < -0.4 is 0 Å². The van der Waals surface area contributed by atoms with Crippen LogP contribution >= 0.6 is 0 Å². The van der Waals surface area contributed by atoms with Crippen LogP contribution in [0.3, 0.4) is 0 Å². The van der Waals surface area contributed by atoms with Crippen LogP contribution in [0.25, 0.3) is 0 Å². The van der Waals surface area contributed by atoms with E-state index < -0.39 is 5.82 Å². The number of halogens is 1. The molecule has 0 aliphatic rings. The maximum atomic E-state index is 13.1. The maximum absolute atomic E-state index is 13.1. The van der Waals surface area contributed by atoms with Crippen molar-refractivity contribution in [2.24, 2.45) is 10.2 Å². The summed E-state index contributed by atoms with van der Waals surface area (Å²) >= 11 is 0. The fourth-order valence-corrected chi connectivity index (χ4v) is 1.40. The number of nitrogens with zero attached hydrogens (tertiary/aromatic N) is 2. The molecule has 0 spiro atoms. The first-order chi connectivity index (χ1) is 8.16. The molecule has 0 aliphatic heterocycles. The normalized spacial score (nSPS) is 10.9. The molecule has 2 aromatic rings. The van der Waals surface area contributed by atoms with Crippen LogP contribution in [0.5, 0.6) is 5.75 Å². The molecule has 1 N–H and O–H groups in total. The molecule has 0 aliphatic carbocycles. The van der Waals surface area contributed by atoms with Gasteiger partial charge in [0.05, 0.1) is 5.69 Å². The van der Waals surface area contributed by atoms with Crippen molar-refractivity contribution in [1.82, 2.24) is 0 Å². The molecule has 2 rings (SSSR count). The van der Waals surface area contributed by atoms with Crippen molar-refractivity contribution in [3.8, 4) is 5.75 Å². The zero-order valence-electron chi connectivity index (χ0n) is 9.26. The van der Waals surface area contributed by atoms with Gasteiger partial charge in [0.25, 0.3) is 0 Å². The Labute approximate surface area is 98.3 Å². The number of aromatic hydroxyl groups is 1. The summed E-state index contributed by atoms with van der Waals surface area (Å²) in [6, 6.07) is 11.4.